The van der Waals surface area contributed by atoms with E-state index < -0.39 is 38.4 Å². The summed E-state index contributed by atoms with van der Waals surface area (Å²) in [6.45, 7) is 2.51. The predicted octanol–water partition coefficient (Wildman–Crippen LogP) is 4.52. The monoisotopic (exact) mass is 444 g/mol. The molecule has 1 aliphatic rings. The van der Waals surface area contributed by atoms with Crippen LogP contribution >= 0.6 is 0 Å². The molecule has 5 nitrogen and oxygen atoms in total. The molecule has 162 valence electrons. The minimum absolute atomic E-state index is 0.117. The fraction of sp³-hybridized carbons (Fsp3) is 0.350. The van der Waals surface area contributed by atoms with Gasteiger partial charge >= 0.3 is 6.18 Å². The van der Waals surface area contributed by atoms with Crippen LogP contribution in [0.4, 0.5) is 23.2 Å². The number of hydrogen-bond acceptors (Lipinski definition) is 3. The number of nitrogens with one attached hydrogen (secondary N) is 1. The van der Waals surface area contributed by atoms with E-state index in [1.54, 1.807) is 0 Å². The molecule has 0 unspecified atom stereocenters. The highest BCUT2D eigenvalue weighted by atomic mass is 32.2. The van der Waals surface area contributed by atoms with Crippen LogP contribution in [0.25, 0.3) is 0 Å². The molecule has 0 aromatic heterocycles. The Morgan fingerprint density at radius 1 is 1.10 bits per heavy atom. The van der Waals surface area contributed by atoms with Gasteiger partial charge < -0.3 is 5.32 Å². The van der Waals surface area contributed by atoms with E-state index in [1.807, 2.05) is 6.92 Å². The first kappa shape index (κ1) is 22.2. The Kier molecular flexibility index (Phi) is 6.19. The van der Waals surface area contributed by atoms with Crippen molar-refractivity contribution in [1.29, 1.82) is 0 Å². The molecule has 2 aromatic rings. The number of hydrogen-bond donors (Lipinski definition) is 1. The van der Waals surface area contributed by atoms with Gasteiger partial charge in [0.05, 0.1) is 5.56 Å². The standard InChI is InChI=1S/C20H20F4N2O3S/c1-13-7-9-26(10-8-13)30(28,29)18-11-14(5-6-17(18)21)19(27)25-16-4-2-3-15(12-16)20(22,23)24/h2-6,11-13H,7-10H2,1H3,(H,25,27). The third kappa shape index (κ3) is 4.81. The Labute approximate surface area is 171 Å². The fourth-order valence-corrected chi connectivity index (χ4v) is 4.74. The molecule has 1 amide bonds. The van der Waals surface area contributed by atoms with E-state index in [9.17, 15) is 30.8 Å². The van der Waals surface area contributed by atoms with Gasteiger partial charge in [-0.1, -0.05) is 13.0 Å². The highest BCUT2D eigenvalue weighted by Gasteiger charge is 2.32. The molecule has 0 radical (unpaired) electrons. The maximum atomic E-state index is 14.3. The highest BCUT2D eigenvalue weighted by molar-refractivity contribution is 7.89. The van der Waals surface area contributed by atoms with Crippen LogP contribution in [0, 0.1) is 11.7 Å². The Morgan fingerprint density at radius 3 is 2.40 bits per heavy atom. The minimum Gasteiger partial charge on any atom is -0.322 e. The molecule has 10 heteroatoms. The summed E-state index contributed by atoms with van der Waals surface area (Å²) < 4.78 is 79.6. The second kappa shape index (κ2) is 8.35. The molecule has 0 atom stereocenters. The van der Waals surface area contributed by atoms with Crippen LogP contribution in [-0.2, 0) is 16.2 Å². The van der Waals surface area contributed by atoms with Crippen molar-refractivity contribution in [3.05, 3.63) is 59.4 Å². The van der Waals surface area contributed by atoms with Gasteiger partial charge in [-0.15, -0.1) is 0 Å². The number of amides is 1. The molecule has 1 heterocycles. The van der Waals surface area contributed by atoms with E-state index >= 15 is 0 Å². The molecule has 30 heavy (non-hydrogen) atoms. The predicted molar refractivity (Wildman–Crippen MR) is 103 cm³/mol. The van der Waals surface area contributed by atoms with Gasteiger partial charge in [-0.25, -0.2) is 12.8 Å². The first-order chi connectivity index (χ1) is 14.0. The third-order valence-corrected chi connectivity index (χ3v) is 6.92. The van der Waals surface area contributed by atoms with Gasteiger partial charge in [-0.3, -0.25) is 4.79 Å². The van der Waals surface area contributed by atoms with Crippen LogP contribution in [0.1, 0.15) is 35.7 Å². The lowest BCUT2D eigenvalue weighted by Gasteiger charge is -2.29. The lowest BCUT2D eigenvalue weighted by Crippen LogP contribution is -2.38. The summed E-state index contributed by atoms with van der Waals surface area (Å²) in [6.07, 6.45) is -3.28. The van der Waals surface area contributed by atoms with E-state index in [2.05, 4.69) is 5.32 Å². The second-order valence-corrected chi connectivity index (χ2v) is 9.17. The minimum atomic E-state index is -4.58. The van der Waals surface area contributed by atoms with Gasteiger partial charge in [0.15, 0.2) is 0 Å². The van der Waals surface area contributed by atoms with Gasteiger partial charge in [0.2, 0.25) is 10.0 Å². The fourth-order valence-electron chi connectivity index (χ4n) is 3.18. The molecule has 0 saturated carbocycles. The van der Waals surface area contributed by atoms with Gasteiger partial charge in [-0.05, 0) is 55.2 Å². The summed E-state index contributed by atoms with van der Waals surface area (Å²) in [5.41, 5.74) is -1.24. The zero-order chi connectivity index (χ0) is 22.1. The number of piperidine rings is 1. The van der Waals surface area contributed by atoms with Crippen LogP contribution in [0.15, 0.2) is 47.4 Å². The van der Waals surface area contributed by atoms with Crippen molar-refractivity contribution >= 4 is 21.6 Å². The number of carbonyl (C=O) groups excluding carboxylic acids is 1. The molecule has 0 bridgehead atoms. The van der Waals surface area contributed by atoms with Crippen molar-refractivity contribution in [2.45, 2.75) is 30.8 Å². The number of anilines is 1. The maximum absolute atomic E-state index is 14.3. The first-order valence-corrected chi connectivity index (χ1v) is 10.7. The summed E-state index contributed by atoms with van der Waals surface area (Å²) in [5, 5.41) is 2.28. The largest absolute Gasteiger partial charge is 0.416 e. The Bertz CT molecular complexity index is 1050. The van der Waals surface area contributed by atoms with Crippen molar-refractivity contribution in [3.8, 4) is 0 Å². The summed E-state index contributed by atoms with van der Waals surface area (Å²) >= 11 is 0. The van der Waals surface area contributed by atoms with Crippen LogP contribution in [-0.4, -0.2) is 31.7 Å². The van der Waals surface area contributed by atoms with E-state index in [-0.39, 0.29) is 24.3 Å². The van der Waals surface area contributed by atoms with E-state index in [1.165, 1.54) is 10.4 Å². The Balaban J connectivity index is 1.85. The summed E-state index contributed by atoms with van der Waals surface area (Å²) in [7, 11) is -4.14. The van der Waals surface area contributed by atoms with Gasteiger partial charge in [0, 0.05) is 24.3 Å². The Morgan fingerprint density at radius 2 is 1.77 bits per heavy atom. The zero-order valence-corrected chi connectivity index (χ0v) is 16.9. The van der Waals surface area contributed by atoms with Gasteiger partial charge in [-0.2, -0.15) is 17.5 Å². The lowest BCUT2D eigenvalue weighted by atomic mass is 10.0. The Hall–Kier alpha value is -2.46. The average Bonchev–Trinajstić information content (AvgIpc) is 2.68. The summed E-state index contributed by atoms with van der Waals surface area (Å²) in [6, 6.07) is 6.87. The molecule has 1 N–H and O–H groups in total. The third-order valence-electron chi connectivity index (χ3n) is 5.00. The number of carbonyl (C=O) groups is 1. The molecular formula is C20H20F4N2O3S. The number of alkyl halides is 3. The quantitative estimate of drug-likeness (QED) is 0.706. The lowest BCUT2D eigenvalue weighted by molar-refractivity contribution is -0.137. The SMILES string of the molecule is CC1CCN(S(=O)(=O)c2cc(C(=O)Nc3cccc(C(F)(F)F)c3)ccc2F)CC1. The number of rotatable bonds is 4. The highest BCUT2D eigenvalue weighted by Crippen LogP contribution is 2.31. The number of halogens is 4. The van der Waals surface area contributed by atoms with Crippen molar-refractivity contribution < 1.29 is 30.8 Å². The first-order valence-electron chi connectivity index (χ1n) is 9.27. The molecule has 0 spiro atoms. The second-order valence-electron chi connectivity index (χ2n) is 7.26. The number of sulfonamides is 1. The van der Waals surface area contributed by atoms with Crippen LogP contribution in [0.5, 0.6) is 0 Å². The summed E-state index contributed by atoms with van der Waals surface area (Å²) in [4.78, 5) is 11.8. The summed E-state index contributed by atoms with van der Waals surface area (Å²) in [5.74, 6) is -1.48. The van der Waals surface area contributed by atoms with E-state index in [0.717, 1.165) is 36.4 Å². The van der Waals surface area contributed by atoms with E-state index in [0.29, 0.717) is 18.8 Å². The molecule has 1 aliphatic heterocycles. The molecule has 1 fully saturated rings. The van der Waals surface area contributed by atoms with Gasteiger partial charge in [0.1, 0.15) is 10.7 Å². The van der Waals surface area contributed by atoms with Crippen LogP contribution in [0.3, 0.4) is 0 Å². The van der Waals surface area contributed by atoms with Gasteiger partial charge in [0.25, 0.3) is 5.91 Å². The maximum Gasteiger partial charge on any atom is 0.416 e. The van der Waals surface area contributed by atoms with Crippen molar-refractivity contribution in [3.63, 3.8) is 0 Å². The molecule has 1 saturated heterocycles. The topological polar surface area (TPSA) is 66.5 Å². The zero-order valence-electron chi connectivity index (χ0n) is 16.0. The van der Waals surface area contributed by atoms with E-state index in [4.69, 9.17) is 0 Å². The van der Waals surface area contributed by atoms with Crippen LogP contribution < -0.4 is 5.32 Å². The van der Waals surface area contributed by atoms with Crippen LogP contribution in [0.2, 0.25) is 0 Å². The smallest absolute Gasteiger partial charge is 0.322 e. The number of benzene rings is 2. The van der Waals surface area contributed by atoms with Crippen molar-refractivity contribution in [2.75, 3.05) is 18.4 Å². The molecular weight excluding hydrogens is 424 g/mol. The molecule has 3 rings (SSSR count). The van der Waals surface area contributed by atoms with Crippen molar-refractivity contribution in [1.82, 2.24) is 4.31 Å². The molecule has 0 aliphatic carbocycles. The average molecular weight is 444 g/mol. The normalized spacial score (nSPS) is 16.4. The molecule has 2 aromatic carbocycles. The number of nitrogens with zero attached hydrogens (tertiary/aromatic N) is 1. The van der Waals surface area contributed by atoms with Crippen molar-refractivity contribution in [2.24, 2.45) is 5.92 Å².